The SMILES string of the molecule is CCCCCCCCCC[N+](C)(C)CCCCCCCCCC.O=C([O-])O.[Cl-].[Na+]. The summed E-state index contributed by atoms with van der Waals surface area (Å²) in [4.78, 5) is 8.44. The van der Waals surface area contributed by atoms with Crippen molar-refractivity contribution in [1.82, 2.24) is 0 Å². The third-order valence-corrected chi connectivity index (χ3v) is 5.23. The molecule has 0 atom stereocenters. The molecule has 0 unspecified atom stereocenters. The van der Waals surface area contributed by atoms with E-state index in [0.717, 1.165) is 0 Å². The van der Waals surface area contributed by atoms with Crippen molar-refractivity contribution in [3.63, 3.8) is 0 Å². The van der Waals surface area contributed by atoms with Gasteiger partial charge in [0.2, 0.25) is 6.16 Å². The van der Waals surface area contributed by atoms with Crippen molar-refractivity contribution in [3.05, 3.63) is 0 Å². The number of carboxylic acid groups (broad SMARTS) is 2. The van der Waals surface area contributed by atoms with Gasteiger partial charge in [-0.25, -0.2) is 0 Å². The molecule has 0 bridgehead atoms. The van der Waals surface area contributed by atoms with E-state index in [1.54, 1.807) is 0 Å². The van der Waals surface area contributed by atoms with Crippen molar-refractivity contribution in [1.29, 1.82) is 0 Å². The molecule has 172 valence electrons. The van der Waals surface area contributed by atoms with Crippen LogP contribution in [0.1, 0.15) is 117 Å². The van der Waals surface area contributed by atoms with Crippen molar-refractivity contribution in [2.75, 3.05) is 27.2 Å². The molecule has 0 aliphatic heterocycles. The summed E-state index contributed by atoms with van der Waals surface area (Å²) in [7, 11) is 4.87. The zero-order chi connectivity index (χ0) is 20.8. The Kier molecular flexibility index (Phi) is 36.3. The van der Waals surface area contributed by atoms with Gasteiger partial charge in [0.1, 0.15) is 0 Å². The maximum absolute atomic E-state index is 8.44. The Morgan fingerprint density at radius 2 is 0.862 bits per heavy atom. The maximum atomic E-state index is 8.44. The van der Waals surface area contributed by atoms with Crippen LogP contribution in [0.2, 0.25) is 0 Å². The van der Waals surface area contributed by atoms with E-state index in [2.05, 4.69) is 27.9 Å². The number of hydrogen-bond donors (Lipinski definition) is 1. The number of carbonyl (C=O) groups is 1. The summed E-state index contributed by atoms with van der Waals surface area (Å²) in [6.45, 7) is 7.36. The predicted octanol–water partition coefficient (Wildman–Crippen LogP) is 0.240. The molecule has 0 saturated carbocycles. The van der Waals surface area contributed by atoms with Crippen LogP contribution in [0.5, 0.6) is 0 Å². The summed E-state index contributed by atoms with van der Waals surface area (Å²) in [5.74, 6) is 0. The smallest absolute Gasteiger partial charge is 1.00 e. The molecule has 0 aliphatic carbocycles. The Morgan fingerprint density at radius 1 is 0.655 bits per heavy atom. The number of quaternary nitrogens is 1. The molecular formula is C23H49ClNNaO3. The quantitative estimate of drug-likeness (QED) is 0.187. The van der Waals surface area contributed by atoms with E-state index in [9.17, 15) is 0 Å². The van der Waals surface area contributed by atoms with E-state index >= 15 is 0 Å². The van der Waals surface area contributed by atoms with Crippen molar-refractivity contribution < 1.29 is 61.5 Å². The van der Waals surface area contributed by atoms with Crippen LogP contribution in [0, 0.1) is 0 Å². The van der Waals surface area contributed by atoms with Gasteiger partial charge in [-0.3, -0.25) is 0 Å². The summed E-state index contributed by atoms with van der Waals surface area (Å²) in [5.41, 5.74) is 0. The molecule has 0 radical (unpaired) electrons. The van der Waals surface area contributed by atoms with Gasteiger partial charge in [-0.15, -0.1) is 0 Å². The van der Waals surface area contributed by atoms with E-state index in [1.807, 2.05) is 0 Å². The van der Waals surface area contributed by atoms with Crippen LogP contribution in [0.15, 0.2) is 0 Å². The topological polar surface area (TPSA) is 60.4 Å². The zero-order valence-electron chi connectivity index (χ0n) is 20.3. The first-order chi connectivity index (χ1) is 12.9. The minimum absolute atomic E-state index is 0. The van der Waals surface area contributed by atoms with Crippen LogP contribution in [-0.4, -0.2) is 42.9 Å². The molecule has 29 heavy (non-hydrogen) atoms. The molecule has 1 N–H and O–H groups in total. The van der Waals surface area contributed by atoms with E-state index in [-0.39, 0.29) is 42.0 Å². The number of unbranched alkanes of at least 4 members (excludes halogenated alkanes) is 14. The van der Waals surface area contributed by atoms with Crippen LogP contribution in [0.3, 0.4) is 0 Å². The fraction of sp³-hybridized carbons (Fsp3) is 0.957. The molecule has 0 aromatic rings. The normalized spacial score (nSPS) is 10.3. The number of hydrogen-bond acceptors (Lipinski definition) is 2. The molecule has 0 aliphatic rings. The Balaban J connectivity index is -0.000000473. The van der Waals surface area contributed by atoms with Gasteiger partial charge < -0.3 is 31.9 Å². The van der Waals surface area contributed by atoms with Crippen molar-refractivity contribution in [3.8, 4) is 0 Å². The minimum Gasteiger partial charge on any atom is -1.00 e. The average Bonchev–Trinajstić information content (AvgIpc) is 2.59. The van der Waals surface area contributed by atoms with Crippen molar-refractivity contribution in [2.45, 2.75) is 117 Å². The second-order valence-corrected chi connectivity index (χ2v) is 8.60. The first kappa shape index (κ1) is 36.9. The maximum Gasteiger partial charge on any atom is 1.00 e. The molecule has 0 spiro atoms. The van der Waals surface area contributed by atoms with Gasteiger partial charge in [0.25, 0.3) is 0 Å². The summed E-state index contributed by atoms with van der Waals surface area (Å²) in [6.07, 6.45) is 21.0. The molecule has 6 heteroatoms. The first-order valence-electron chi connectivity index (χ1n) is 11.6. The van der Waals surface area contributed by atoms with Crippen molar-refractivity contribution >= 4 is 6.16 Å². The number of nitrogens with zero attached hydrogens (tertiary/aromatic N) is 1. The molecule has 0 saturated heterocycles. The van der Waals surface area contributed by atoms with E-state index in [4.69, 9.17) is 15.0 Å². The molecule has 0 heterocycles. The summed E-state index contributed by atoms with van der Waals surface area (Å²) < 4.78 is 1.24. The zero-order valence-corrected chi connectivity index (χ0v) is 23.1. The largest absolute Gasteiger partial charge is 1.00 e. The third-order valence-electron chi connectivity index (χ3n) is 5.23. The number of rotatable bonds is 18. The van der Waals surface area contributed by atoms with Crippen LogP contribution >= 0.6 is 0 Å². The average molecular weight is 446 g/mol. The van der Waals surface area contributed by atoms with Gasteiger partial charge in [-0.1, -0.05) is 90.9 Å². The summed E-state index contributed by atoms with van der Waals surface area (Å²) in [6, 6.07) is 0. The first-order valence-corrected chi connectivity index (χ1v) is 11.6. The molecular weight excluding hydrogens is 397 g/mol. The van der Waals surface area contributed by atoms with Gasteiger partial charge in [0.05, 0.1) is 27.2 Å². The Labute approximate surface area is 210 Å². The van der Waals surface area contributed by atoms with E-state index in [0.29, 0.717) is 0 Å². The Bertz CT molecular complexity index is 292. The predicted molar refractivity (Wildman–Crippen MR) is 115 cm³/mol. The van der Waals surface area contributed by atoms with E-state index in [1.165, 1.54) is 120 Å². The monoisotopic (exact) mass is 445 g/mol. The molecule has 0 aromatic heterocycles. The van der Waals surface area contributed by atoms with E-state index < -0.39 is 6.16 Å². The van der Waals surface area contributed by atoms with Crippen molar-refractivity contribution in [2.24, 2.45) is 0 Å². The van der Waals surface area contributed by atoms with Gasteiger partial charge in [-0.05, 0) is 25.7 Å². The summed E-state index contributed by atoms with van der Waals surface area (Å²) >= 11 is 0. The van der Waals surface area contributed by atoms with Crippen LogP contribution < -0.4 is 47.1 Å². The van der Waals surface area contributed by atoms with Crippen LogP contribution in [0.25, 0.3) is 0 Å². The molecule has 0 amide bonds. The minimum atomic E-state index is -2.08. The fourth-order valence-electron chi connectivity index (χ4n) is 3.46. The van der Waals surface area contributed by atoms with Crippen LogP contribution in [0.4, 0.5) is 4.79 Å². The Hall–Kier alpha value is 0.520. The fourth-order valence-corrected chi connectivity index (χ4v) is 3.46. The summed E-state index contributed by atoms with van der Waals surface area (Å²) in [5, 5.41) is 15.3. The second kappa shape index (κ2) is 28.5. The standard InChI is InChI=1S/C22H48N.CH2O3.ClH.Na/c1-5-7-9-11-13-15-17-19-21-23(3,4)22-20-18-16-14-12-10-8-6-2;2-1(3)4;;/h5-22H2,1-4H3;(H2,2,3,4);1H;/q+1;;;+1/p-2. The molecule has 0 aromatic carbocycles. The molecule has 0 rings (SSSR count). The van der Waals surface area contributed by atoms with Gasteiger partial charge in [0, 0.05) is 0 Å². The van der Waals surface area contributed by atoms with Crippen LogP contribution in [-0.2, 0) is 0 Å². The second-order valence-electron chi connectivity index (χ2n) is 8.60. The van der Waals surface area contributed by atoms with Gasteiger partial charge in [0.15, 0.2) is 0 Å². The molecule has 4 nitrogen and oxygen atoms in total. The van der Waals surface area contributed by atoms with Gasteiger partial charge in [-0.2, -0.15) is 0 Å². The number of halogens is 1. The third kappa shape index (κ3) is 39.6. The van der Waals surface area contributed by atoms with Gasteiger partial charge >= 0.3 is 29.6 Å². The molecule has 0 fully saturated rings. The Morgan fingerprint density at radius 3 is 1.10 bits per heavy atom.